The number of imide groups is 1. The molecule has 7 amide bonds. The van der Waals surface area contributed by atoms with Gasteiger partial charge in [0.2, 0.25) is 28.0 Å². The molecule has 0 aromatic heterocycles. The molecule has 18 nitrogen and oxygen atoms in total. The number of β-lactam (4-membered cyclic amide) rings is 1. The maximum Gasteiger partial charge on any atom is 0.514 e. The number of urea groups is 2. The SMILES string of the molecule is CC1(C)S[C@H]2N(C(=O)[C@@]2(NC=O)NC(=O)C(NC(=O)N2CCN(S(C)(=O)=O)C2=O)c2ccc(OC(=O)OCc3ccccc3)cc2)[C@H]1C(=O)OCc1ccccc1. The van der Waals surface area contributed by atoms with Crippen LogP contribution in [-0.2, 0) is 51.9 Å². The van der Waals surface area contributed by atoms with Gasteiger partial charge >= 0.3 is 24.2 Å². The van der Waals surface area contributed by atoms with Crippen molar-refractivity contribution in [2.45, 2.75) is 54.9 Å². The molecule has 0 radical (unpaired) electrons. The van der Waals surface area contributed by atoms with Gasteiger partial charge in [-0.2, -0.15) is 0 Å². The summed E-state index contributed by atoms with van der Waals surface area (Å²) in [5.74, 6) is -2.58. The Labute approximate surface area is 331 Å². The average molecular weight is 823 g/mol. The van der Waals surface area contributed by atoms with Gasteiger partial charge in [0.15, 0.2) is 0 Å². The summed E-state index contributed by atoms with van der Waals surface area (Å²) in [4.78, 5) is 94.3. The minimum Gasteiger partial charge on any atom is -0.459 e. The predicted octanol–water partition coefficient (Wildman–Crippen LogP) is 2.21. The van der Waals surface area contributed by atoms with Crippen molar-refractivity contribution in [3.63, 3.8) is 0 Å². The van der Waals surface area contributed by atoms with E-state index in [1.807, 2.05) is 6.07 Å². The highest BCUT2D eigenvalue weighted by Crippen LogP contribution is 2.54. The Bertz CT molecular complexity index is 2180. The quantitative estimate of drug-likeness (QED) is 0.0740. The number of nitrogens with one attached hydrogen (secondary N) is 3. The van der Waals surface area contributed by atoms with Crippen LogP contribution in [0.5, 0.6) is 5.75 Å². The standard InChI is InChI=1S/C37H38N6O12S2/c1-36(2)28(30(46)53-20-23-10-6-4-7-11-23)43-31(47)37(38-22-44,32(43)56-36)40-29(45)27(39-33(48)41-18-19-42(34(41)49)57(3,51)52)25-14-16-26(17-15-25)55-35(50)54-21-24-12-8-5-9-13-24/h4-17,22,27-28,32H,18-21H2,1-3H3,(H,38,44)(H,39,48)(H,40,45)/t27?,28-,32+,37+/m0/s1. The van der Waals surface area contributed by atoms with Gasteiger partial charge in [-0.3, -0.25) is 14.4 Å². The van der Waals surface area contributed by atoms with Gasteiger partial charge in [-0.05, 0) is 42.7 Å². The first-order valence-corrected chi connectivity index (χ1v) is 20.1. The molecular formula is C37H38N6O12S2. The number of carbonyl (C=O) groups is 7. The molecule has 57 heavy (non-hydrogen) atoms. The summed E-state index contributed by atoms with van der Waals surface area (Å²) in [6, 6.07) is 17.9. The normalized spacial score (nSPS) is 21.4. The topological polar surface area (TPSA) is 227 Å². The van der Waals surface area contributed by atoms with Crippen LogP contribution in [0.2, 0.25) is 0 Å². The van der Waals surface area contributed by atoms with Crippen LogP contribution in [-0.4, -0.2) is 106 Å². The summed E-state index contributed by atoms with van der Waals surface area (Å²) >= 11 is 1.13. The first-order valence-electron chi connectivity index (χ1n) is 17.4. The summed E-state index contributed by atoms with van der Waals surface area (Å²) in [5, 5.41) is 6.36. The zero-order chi connectivity index (χ0) is 41.1. The summed E-state index contributed by atoms with van der Waals surface area (Å²) in [6.45, 7) is 2.65. The highest BCUT2D eigenvalue weighted by Gasteiger charge is 2.73. The molecule has 0 aliphatic carbocycles. The fourth-order valence-electron chi connectivity index (χ4n) is 6.58. The van der Waals surface area contributed by atoms with E-state index in [1.54, 1.807) is 68.4 Å². The lowest BCUT2D eigenvalue weighted by atomic mass is 9.90. The van der Waals surface area contributed by atoms with Crippen molar-refractivity contribution in [2.24, 2.45) is 0 Å². The third-order valence-electron chi connectivity index (χ3n) is 9.36. The van der Waals surface area contributed by atoms with E-state index in [0.717, 1.165) is 29.1 Å². The number of benzene rings is 3. The van der Waals surface area contributed by atoms with E-state index in [0.29, 0.717) is 9.21 Å². The number of sulfonamides is 1. The molecule has 300 valence electrons. The first kappa shape index (κ1) is 40.5. The highest BCUT2D eigenvalue weighted by atomic mass is 32.2. The van der Waals surface area contributed by atoms with Gasteiger partial charge in [0.05, 0.1) is 19.3 Å². The second-order valence-corrected chi connectivity index (χ2v) is 17.3. The molecule has 4 atom stereocenters. The molecule has 20 heteroatoms. The first-order chi connectivity index (χ1) is 27.1. The summed E-state index contributed by atoms with van der Waals surface area (Å²) < 4.78 is 39.7. The third-order valence-corrected chi connectivity index (χ3v) is 12.1. The second kappa shape index (κ2) is 16.1. The Morgan fingerprint density at radius 1 is 0.895 bits per heavy atom. The molecule has 6 rings (SSSR count). The Morgan fingerprint density at radius 3 is 2.05 bits per heavy atom. The molecule has 0 saturated carbocycles. The molecule has 3 N–H and O–H groups in total. The van der Waals surface area contributed by atoms with Crippen LogP contribution in [0.25, 0.3) is 0 Å². The number of ether oxygens (including phenoxy) is 3. The van der Waals surface area contributed by atoms with Crippen molar-refractivity contribution in [2.75, 3.05) is 19.3 Å². The van der Waals surface area contributed by atoms with E-state index in [-0.39, 0.29) is 44.0 Å². The van der Waals surface area contributed by atoms with Crippen molar-refractivity contribution >= 4 is 64.2 Å². The van der Waals surface area contributed by atoms with Crippen molar-refractivity contribution in [1.29, 1.82) is 0 Å². The summed E-state index contributed by atoms with van der Waals surface area (Å²) in [7, 11) is -4.02. The van der Waals surface area contributed by atoms with Crippen LogP contribution in [0.3, 0.4) is 0 Å². The highest BCUT2D eigenvalue weighted by molar-refractivity contribution is 8.01. The Balaban J connectivity index is 1.22. The molecule has 3 aromatic rings. The van der Waals surface area contributed by atoms with Gasteiger partial charge in [0.1, 0.15) is 36.4 Å². The number of esters is 1. The largest absolute Gasteiger partial charge is 0.514 e. The molecule has 3 fully saturated rings. The lowest BCUT2D eigenvalue weighted by Gasteiger charge is -2.52. The lowest BCUT2D eigenvalue weighted by molar-refractivity contribution is -0.174. The zero-order valence-corrected chi connectivity index (χ0v) is 32.4. The van der Waals surface area contributed by atoms with Gasteiger partial charge in [0, 0.05) is 4.75 Å². The van der Waals surface area contributed by atoms with E-state index in [1.165, 1.54) is 29.2 Å². The number of carbonyl (C=O) groups excluding carboxylic acids is 7. The van der Waals surface area contributed by atoms with E-state index >= 15 is 0 Å². The summed E-state index contributed by atoms with van der Waals surface area (Å²) in [6.07, 6.45) is -0.00673. The minimum atomic E-state index is -4.02. The molecular weight excluding hydrogens is 785 g/mol. The van der Waals surface area contributed by atoms with Crippen molar-refractivity contribution in [3.8, 4) is 5.75 Å². The van der Waals surface area contributed by atoms with Crippen LogP contribution in [0.15, 0.2) is 84.9 Å². The fourth-order valence-corrected chi connectivity index (χ4v) is 9.02. The minimum absolute atomic E-state index is 0.000468. The molecule has 3 aromatic carbocycles. The molecule has 3 saturated heterocycles. The van der Waals surface area contributed by atoms with Gasteiger partial charge in [-0.15, -0.1) is 11.8 Å². The van der Waals surface area contributed by atoms with Gasteiger partial charge in [0.25, 0.3) is 5.91 Å². The molecule has 0 spiro atoms. The number of rotatable bonds is 13. The number of nitrogens with zero attached hydrogens (tertiary/aromatic N) is 3. The lowest BCUT2D eigenvalue weighted by Crippen LogP contribution is -2.85. The van der Waals surface area contributed by atoms with Crippen LogP contribution >= 0.6 is 11.8 Å². The van der Waals surface area contributed by atoms with E-state index < -0.39 is 73.9 Å². The number of hydrogen-bond acceptors (Lipinski definition) is 13. The van der Waals surface area contributed by atoms with Gasteiger partial charge < -0.3 is 35.1 Å². The number of amides is 7. The predicted molar refractivity (Wildman–Crippen MR) is 201 cm³/mol. The molecule has 0 bridgehead atoms. The Kier molecular flexibility index (Phi) is 11.5. The van der Waals surface area contributed by atoms with Crippen molar-refractivity contribution < 1.29 is 56.2 Å². The maximum atomic E-state index is 14.3. The Hall–Kier alpha value is -6.15. The monoisotopic (exact) mass is 822 g/mol. The van der Waals surface area contributed by atoms with Crippen LogP contribution in [0.1, 0.15) is 36.6 Å². The van der Waals surface area contributed by atoms with Gasteiger partial charge in [-0.25, -0.2) is 36.8 Å². The number of fused-ring (bicyclic) bond motifs is 1. The van der Waals surface area contributed by atoms with E-state index in [9.17, 15) is 42.0 Å². The van der Waals surface area contributed by atoms with E-state index in [4.69, 9.17) is 14.2 Å². The molecule has 3 aliphatic heterocycles. The summed E-state index contributed by atoms with van der Waals surface area (Å²) in [5.41, 5.74) is -0.594. The number of hydrogen-bond donors (Lipinski definition) is 3. The van der Waals surface area contributed by atoms with Crippen molar-refractivity contribution in [1.82, 2.24) is 30.1 Å². The van der Waals surface area contributed by atoms with Gasteiger partial charge in [-0.1, -0.05) is 72.8 Å². The van der Waals surface area contributed by atoms with Crippen molar-refractivity contribution in [3.05, 3.63) is 102 Å². The molecule has 3 aliphatic rings. The third kappa shape index (κ3) is 8.36. The zero-order valence-electron chi connectivity index (χ0n) is 30.8. The van der Waals surface area contributed by atoms with Crippen LogP contribution in [0.4, 0.5) is 14.4 Å². The smallest absolute Gasteiger partial charge is 0.459 e. The fraction of sp³-hybridized carbons (Fsp3) is 0.324. The van der Waals surface area contributed by atoms with E-state index in [2.05, 4.69) is 16.0 Å². The number of thioether (sulfide) groups is 1. The Morgan fingerprint density at radius 2 is 1.49 bits per heavy atom. The molecule has 3 heterocycles. The van der Waals surface area contributed by atoms with Crippen LogP contribution < -0.4 is 20.7 Å². The second-order valence-electron chi connectivity index (χ2n) is 13.7. The average Bonchev–Trinajstić information content (AvgIpc) is 3.71. The molecule has 1 unspecified atom stereocenters. The maximum absolute atomic E-state index is 14.3. The van der Waals surface area contributed by atoms with Crippen LogP contribution in [0, 0.1) is 0 Å².